The van der Waals surface area contributed by atoms with Crippen molar-refractivity contribution in [2.24, 2.45) is 0 Å². The van der Waals surface area contributed by atoms with E-state index >= 15 is 0 Å². The number of aryl methyl sites for hydroxylation is 1. The Balaban J connectivity index is 1.76. The Morgan fingerprint density at radius 3 is 2.71 bits per heavy atom. The van der Waals surface area contributed by atoms with Crippen molar-refractivity contribution < 1.29 is 14.1 Å². The summed E-state index contributed by atoms with van der Waals surface area (Å²) in [5.41, 5.74) is 3.55. The van der Waals surface area contributed by atoms with Crippen molar-refractivity contribution in [3.05, 3.63) is 75.6 Å². The van der Waals surface area contributed by atoms with Crippen LogP contribution in [0.25, 0.3) is 11.0 Å². The third kappa shape index (κ3) is 2.49. The van der Waals surface area contributed by atoms with E-state index in [-0.39, 0.29) is 5.63 Å². The van der Waals surface area contributed by atoms with E-state index < -0.39 is 0 Å². The molecule has 1 aromatic heterocycles. The summed E-state index contributed by atoms with van der Waals surface area (Å²) >= 11 is 0. The van der Waals surface area contributed by atoms with Gasteiger partial charge in [0, 0.05) is 17.0 Å². The molecule has 122 valence electrons. The first-order valence-corrected chi connectivity index (χ1v) is 8.22. The average Bonchev–Trinajstić information content (AvgIpc) is 2.61. The number of ether oxygens (including phenoxy) is 1. The summed E-state index contributed by atoms with van der Waals surface area (Å²) in [6.45, 7) is 5.51. The van der Waals surface area contributed by atoms with Gasteiger partial charge in [-0.3, -0.25) is 4.90 Å². The predicted molar refractivity (Wildman–Crippen MR) is 92.2 cm³/mol. The lowest BCUT2D eigenvalue weighted by molar-refractivity contribution is -0.960. The van der Waals surface area contributed by atoms with Crippen LogP contribution in [0.1, 0.15) is 29.7 Å². The number of fused-ring (bicyclic) bond motifs is 3. The fourth-order valence-corrected chi connectivity index (χ4v) is 3.43. The van der Waals surface area contributed by atoms with Gasteiger partial charge in [0.15, 0.2) is 5.58 Å². The Kier molecular flexibility index (Phi) is 3.62. The standard InChI is InChI=1S/C20H19NO3/c1-13-10-19(22)24-20-16(13)8-9-18-17(20)11-21(12-23-18)14(2)15-6-4-3-5-7-15/h3-10,14H,11-12H2,1-2H3/p+1/t14-/m0/s1. The Hall–Kier alpha value is -2.59. The highest BCUT2D eigenvalue weighted by Crippen LogP contribution is 2.30. The normalized spacial score (nSPS) is 18.0. The molecule has 0 saturated heterocycles. The number of benzene rings is 2. The Morgan fingerprint density at radius 2 is 1.92 bits per heavy atom. The highest BCUT2D eigenvalue weighted by molar-refractivity contribution is 5.84. The van der Waals surface area contributed by atoms with Crippen molar-refractivity contribution in [3.8, 4) is 5.75 Å². The lowest BCUT2D eigenvalue weighted by Gasteiger charge is -2.31. The molecule has 2 atom stereocenters. The number of hydrogen-bond acceptors (Lipinski definition) is 3. The van der Waals surface area contributed by atoms with Crippen LogP contribution in [0.5, 0.6) is 5.75 Å². The molecule has 2 heterocycles. The number of hydrogen-bond donors (Lipinski definition) is 1. The van der Waals surface area contributed by atoms with Gasteiger partial charge in [0.25, 0.3) is 0 Å². The quantitative estimate of drug-likeness (QED) is 0.738. The molecule has 0 radical (unpaired) electrons. The van der Waals surface area contributed by atoms with Crippen molar-refractivity contribution in [1.82, 2.24) is 0 Å². The van der Waals surface area contributed by atoms with E-state index in [0.29, 0.717) is 18.4 Å². The fraction of sp³-hybridized carbons (Fsp3) is 0.250. The van der Waals surface area contributed by atoms with E-state index in [1.807, 2.05) is 25.1 Å². The minimum absolute atomic E-state index is 0.297. The van der Waals surface area contributed by atoms with Crippen LogP contribution in [0.3, 0.4) is 0 Å². The molecule has 1 N–H and O–H groups in total. The molecule has 24 heavy (non-hydrogen) atoms. The monoisotopic (exact) mass is 322 g/mol. The highest BCUT2D eigenvalue weighted by Gasteiger charge is 2.28. The maximum Gasteiger partial charge on any atom is 0.336 e. The van der Waals surface area contributed by atoms with Gasteiger partial charge in [0.05, 0.1) is 5.56 Å². The zero-order chi connectivity index (χ0) is 16.7. The molecule has 0 bridgehead atoms. The van der Waals surface area contributed by atoms with Gasteiger partial charge < -0.3 is 9.15 Å². The number of quaternary nitrogens is 1. The second-order valence-electron chi connectivity index (χ2n) is 6.42. The Morgan fingerprint density at radius 1 is 1.12 bits per heavy atom. The van der Waals surface area contributed by atoms with E-state index in [1.54, 1.807) is 0 Å². The van der Waals surface area contributed by atoms with Crippen molar-refractivity contribution in [1.29, 1.82) is 0 Å². The molecule has 0 fully saturated rings. The first kappa shape index (κ1) is 15.0. The first-order chi connectivity index (χ1) is 11.6. The molecule has 1 aliphatic rings. The maximum atomic E-state index is 11.8. The third-order valence-corrected chi connectivity index (χ3v) is 4.91. The largest absolute Gasteiger partial charge is 0.445 e. The molecule has 0 saturated carbocycles. The van der Waals surface area contributed by atoms with Crippen LogP contribution in [0.4, 0.5) is 0 Å². The Labute approximate surface area is 140 Å². The van der Waals surface area contributed by atoms with Gasteiger partial charge in [0.2, 0.25) is 6.73 Å². The summed E-state index contributed by atoms with van der Waals surface area (Å²) in [7, 11) is 0. The zero-order valence-corrected chi connectivity index (χ0v) is 13.8. The predicted octanol–water partition coefficient (Wildman–Crippen LogP) is 2.60. The molecule has 4 heteroatoms. The van der Waals surface area contributed by atoms with E-state index in [2.05, 4.69) is 31.2 Å². The summed E-state index contributed by atoms with van der Waals surface area (Å²) in [6.07, 6.45) is 0. The van der Waals surface area contributed by atoms with Crippen molar-refractivity contribution in [2.75, 3.05) is 6.73 Å². The minimum atomic E-state index is -0.309. The zero-order valence-electron chi connectivity index (χ0n) is 13.8. The summed E-state index contributed by atoms with van der Waals surface area (Å²) in [5, 5.41) is 0.977. The Bertz CT molecular complexity index is 946. The van der Waals surface area contributed by atoms with Crippen molar-refractivity contribution >= 4 is 11.0 Å². The van der Waals surface area contributed by atoms with Crippen LogP contribution in [0.15, 0.2) is 57.7 Å². The van der Waals surface area contributed by atoms with E-state index in [1.165, 1.54) is 16.5 Å². The van der Waals surface area contributed by atoms with Crippen molar-refractivity contribution in [2.45, 2.75) is 26.4 Å². The van der Waals surface area contributed by atoms with E-state index in [0.717, 1.165) is 28.8 Å². The summed E-state index contributed by atoms with van der Waals surface area (Å²) < 4.78 is 11.5. The van der Waals surface area contributed by atoms with Gasteiger partial charge >= 0.3 is 5.63 Å². The number of nitrogens with one attached hydrogen (secondary N) is 1. The lowest BCUT2D eigenvalue weighted by atomic mass is 10.0. The van der Waals surface area contributed by atoms with Crippen molar-refractivity contribution in [3.63, 3.8) is 0 Å². The van der Waals surface area contributed by atoms with Gasteiger partial charge in [-0.25, -0.2) is 4.79 Å². The molecular weight excluding hydrogens is 302 g/mol. The second-order valence-corrected chi connectivity index (χ2v) is 6.42. The van der Waals surface area contributed by atoms with Crippen LogP contribution in [0, 0.1) is 6.92 Å². The van der Waals surface area contributed by atoms with E-state index in [4.69, 9.17) is 9.15 Å². The van der Waals surface area contributed by atoms with Crippen LogP contribution in [-0.4, -0.2) is 6.73 Å². The van der Waals surface area contributed by atoms with Gasteiger partial charge in [-0.1, -0.05) is 30.3 Å². The molecule has 2 aromatic carbocycles. The van der Waals surface area contributed by atoms with E-state index in [9.17, 15) is 4.79 Å². The molecule has 3 aromatic rings. The average molecular weight is 322 g/mol. The molecule has 0 amide bonds. The SMILES string of the molecule is Cc1cc(=O)oc2c3c(ccc12)OC[NH+]([C@@H](C)c1ccccc1)C3. The van der Waals surface area contributed by atoms with Gasteiger partial charge in [-0.15, -0.1) is 0 Å². The summed E-state index contributed by atoms with van der Waals surface area (Å²) in [6, 6.07) is 16.2. The lowest BCUT2D eigenvalue weighted by Crippen LogP contribution is -3.12. The van der Waals surface area contributed by atoms with Gasteiger partial charge in [-0.2, -0.15) is 0 Å². The van der Waals surface area contributed by atoms with Crippen LogP contribution in [0.2, 0.25) is 0 Å². The highest BCUT2D eigenvalue weighted by atomic mass is 16.5. The molecule has 1 unspecified atom stereocenters. The second kappa shape index (κ2) is 5.80. The molecule has 1 aliphatic heterocycles. The number of rotatable bonds is 2. The van der Waals surface area contributed by atoms with Crippen LogP contribution in [-0.2, 0) is 6.54 Å². The minimum Gasteiger partial charge on any atom is -0.445 e. The molecule has 4 rings (SSSR count). The van der Waals surface area contributed by atoms with Gasteiger partial charge in [-0.05, 0) is 31.5 Å². The van der Waals surface area contributed by atoms with Crippen LogP contribution < -0.4 is 15.3 Å². The molecular formula is C20H20NO3+. The van der Waals surface area contributed by atoms with Crippen LogP contribution >= 0.6 is 0 Å². The third-order valence-electron chi connectivity index (χ3n) is 4.91. The smallest absolute Gasteiger partial charge is 0.336 e. The first-order valence-electron chi connectivity index (χ1n) is 8.22. The molecule has 0 aliphatic carbocycles. The molecule has 4 nitrogen and oxygen atoms in total. The summed E-state index contributed by atoms with van der Waals surface area (Å²) in [4.78, 5) is 13.1. The summed E-state index contributed by atoms with van der Waals surface area (Å²) in [5.74, 6) is 0.820. The van der Waals surface area contributed by atoms with Gasteiger partial charge in [0.1, 0.15) is 18.3 Å². The topological polar surface area (TPSA) is 43.9 Å². The maximum absolute atomic E-state index is 11.8. The fourth-order valence-electron chi connectivity index (χ4n) is 3.43. The molecule has 0 spiro atoms.